The number of rotatable bonds is 2. The number of carbonyl (C=O) groups excluding carboxylic acids is 1. The van der Waals surface area contributed by atoms with Crippen molar-refractivity contribution in [3.8, 4) is 5.75 Å². The maximum atomic E-state index is 14.2. The van der Waals surface area contributed by atoms with Gasteiger partial charge in [-0.2, -0.15) is 5.10 Å². The molecule has 5 nitrogen and oxygen atoms in total. The fraction of sp³-hybridized carbons (Fsp3) is 0.120. The zero-order valence-electron chi connectivity index (χ0n) is 16.9. The molecule has 0 saturated carbocycles. The van der Waals surface area contributed by atoms with Crippen LogP contribution in [0.3, 0.4) is 0 Å². The summed E-state index contributed by atoms with van der Waals surface area (Å²) in [7, 11) is 0. The molecule has 6 rings (SSSR count). The van der Waals surface area contributed by atoms with E-state index in [1.54, 1.807) is 24.3 Å². The molecule has 3 aliphatic heterocycles. The van der Waals surface area contributed by atoms with Crippen LogP contribution in [0.15, 0.2) is 88.9 Å². The van der Waals surface area contributed by atoms with E-state index in [4.69, 9.17) is 9.84 Å². The van der Waals surface area contributed by atoms with Crippen LogP contribution < -0.4 is 10.1 Å². The zero-order valence-corrected chi connectivity index (χ0v) is 17.7. The van der Waals surface area contributed by atoms with Crippen LogP contribution in [0.1, 0.15) is 29.2 Å². The van der Waals surface area contributed by atoms with Crippen molar-refractivity contribution in [1.29, 1.82) is 0 Å². The molecule has 3 aromatic rings. The Hall–Kier alpha value is -3.58. The van der Waals surface area contributed by atoms with Crippen LogP contribution >= 0.6 is 11.8 Å². The molecule has 1 saturated heterocycles. The minimum Gasteiger partial charge on any atom is -0.439 e. The summed E-state index contributed by atoms with van der Waals surface area (Å²) in [5.41, 5.74) is 3.33. The van der Waals surface area contributed by atoms with Crippen LogP contribution in [0.5, 0.6) is 5.75 Å². The lowest BCUT2D eigenvalue weighted by Gasteiger charge is -2.43. The van der Waals surface area contributed by atoms with Crippen LogP contribution in [-0.4, -0.2) is 21.8 Å². The number of hydrogen-bond donors (Lipinski definition) is 1. The van der Waals surface area contributed by atoms with E-state index in [0.717, 1.165) is 16.8 Å². The van der Waals surface area contributed by atoms with Crippen molar-refractivity contribution in [3.05, 3.63) is 106 Å². The van der Waals surface area contributed by atoms with Gasteiger partial charge >= 0.3 is 5.18 Å². The summed E-state index contributed by atoms with van der Waals surface area (Å²) in [5.74, 6) is 0.00522. The smallest absolute Gasteiger partial charge is 0.336 e. The number of thioether (sulfide) groups is 1. The molecular weight excluding hydrogens is 425 g/mol. The highest BCUT2D eigenvalue weighted by atomic mass is 32.2. The Bertz CT molecular complexity index is 1290. The third-order valence-corrected chi connectivity index (χ3v) is 6.95. The van der Waals surface area contributed by atoms with E-state index < -0.39 is 5.18 Å². The topological polar surface area (TPSA) is 53.9 Å². The number of nitrogens with zero attached hydrogens (tertiary/aromatic N) is 2. The van der Waals surface area contributed by atoms with Gasteiger partial charge in [0.05, 0.1) is 16.7 Å². The molecule has 0 radical (unpaired) electrons. The van der Waals surface area contributed by atoms with Crippen molar-refractivity contribution >= 4 is 29.5 Å². The van der Waals surface area contributed by atoms with E-state index in [-0.39, 0.29) is 17.8 Å². The number of nitrogens with one attached hydrogen (secondary N) is 1. The third kappa shape index (κ3) is 3.00. The van der Waals surface area contributed by atoms with Gasteiger partial charge in [0.2, 0.25) is 0 Å². The molecule has 3 aromatic carbocycles. The molecule has 7 heteroatoms. The van der Waals surface area contributed by atoms with Crippen LogP contribution in [0.2, 0.25) is 0 Å². The summed E-state index contributed by atoms with van der Waals surface area (Å²) >= 11 is 1.21. The van der Waals surface area contributed by atoms with Crippen LogP contribution in [0.4, 0.5) is 4.39 Å². The normalized spacial score (nSPS) is 24.7. The summed E-state index contributed by atoms with van der Waals surface area (Å²) in [6.45, 7) is 0. The van der Waals surface area contributed by atoms with Gasteiger partial charge in [-0.1, -0.05) is 66.7 Å². The molecule has 0 aliphatic carbocycles. The molecule has 1 spiro atoms. The number of halogens is 1. The highest BCUT2D eigenvalue weighted by Gasteiger charge is 2.57. The molecule has 0 aromatic heterocycles. The Morgan fingerprint density at radius 3 is 2.66 bits per heavy atom. The second-order valence-electron chi connectivity index (χ2n) is 7.79. The Morgan fingerprint density at radius 2 is 1.81 bits per heavy atom. The Kier molecular flexibility index (Phi) is 4.33. The summed E-state index contributed by atoms with van der Waals surface area (Å²) in [5, 5.41) is 8.47. The average Bonchev–Trinajstić information content (AvgIpc) is 3.39. The molecule has 1 N–H and O–H groups in total. The molecule has 158 valence electrons. The van der Waals surface area contributed by atoms with Gasteiger partial charge in [-0.15, -0.1) is 0 Å². The predicted octanol–water partition coefficient (Wildman–Crippen LogP) is 4.88. The first kappa shape index (κ1) is 19.1. The summed E-state index contributed by atoms with van der Waals surface area (Å²) in [6, 6.07) is 24.1. The second-order valence-corrected chi connectivity index (χ2v) is 8.98. The fourth-order valence-corrected chi connectivity index (χ4v) is 5.44. The first-order valence-corrected chi connectivity index (χ1v) is 11.1. The summed E-state index contributed by atoms with van der Waals surface area (Å²) in [6.07, 6.45) is 2.25. The number of para-hydroxylation sites is 1. The molecule has 1 fully saturated rings. The number of fused-ring (bicyclic) bond motifs is 4. The van der Waals surface area contributed by atoms with Gasteiger partial charge in [-0.25, -0.2) is 9.40 Å². The molecule has 32 heavy (non-hydrogen) atoms. The summed E-state index contributed by atoms with van der Waals surface area (Å²) < 4.78 is 20.6. The Morgan fingerprint density at radius 1 is 1.06 bits per heavy atom. The number of hydrogen-bond acceptors (Lipinski definition) is 5. The maximum Gasteiger partial charge on any atom is 0.336 e. The standard InChI is InChI=1S/C25H18FN3O2S/c26-19-12-6-4-10-17(19)14-23-24(30)27-25(32-23)29-21(18-11-5-7-13-22(18)31-25)15-20(28-29)16-8-2-1-3-9-16/h1-14,21H,15H2,(H,27,30)/b23-14-/t21-,25+/m1/s1. The third-order valence-electron chi connectivity index (χ3n) is 5.78. The fourth-order valence-electron chi connectivity index (χ4n) is 4.28. The van der Waals surface area contributed by atoms with E-state index in [1.807, 2.05) is 59.6 Å². The average molecular weight is 444 g/mol. The molecule has 3 heterocycles. The molecule has 2 atom stereocenters. The molecule has 3 aliphatic rings. The molecular formula is C25H18FN3O2S. The van der Waals surface area contributed by atoms with Crippen LogP contribution in [0, 0.1) is 5.82 Å². The SMILES string of the molecule is O=C1N[C@]2(Oc3ccccc3[C@H]3CC(c4ccccc4)=NN32)S/C1=C\c1ccccc1F. The monoisotopic (exact) mass is 443 g/mol. The van der Waals surface area contributed by atoms with Gasteiger partial charge in [0.15, 0.2) is 0 Å². The predicted molar refractivity (Wildman–Crippen MR) is 122 cm³/mol. The number of benzene rings is 3. The van der Waals surface area contributed by atoms with E-state index >= 15 is 0 Å². The molecule has 0 bridgehead atoms. The van der Waals surface area contributed by atoms with Gasteiger partial charge in [-0.05, 0) is 35.5 Å². The van der Waals surface area contributed by atoms with Crippen LogP contribution in [-0.2, 0) is 4.79 Å². The lowest BCUT2D eigenvalue weighted by atomic mass is 9.97. The maximum absolute atomic E-state index is 14.2. The van der Waals surface area contributed by atoms with Gasteiger partial charge in [-0.3, -0.25) is 10.1 Å². The lowest BCUT2D eigenvalue weighted by Crippen LogP contribution is -2.58. The quantitative estimate of drug-likeness (QED) is 0.574. The van der Waals surface area contributed by atoms with Gasteiger partial charge in [0, 0.05) is 17.5 Å². The molecule has 1 amide bonds. The van der Waals surface area contributed by atoms with Crippen molar-refractivity contribution in [3.63, 3.8) is 0 Å². The van der Waals surface area contributed by atoms with E-state index in [0.29, 0.717) is 22.6 Å². The van der Waals surface area contributed by atoms with Crippen molar-refractivity contribution in [2.75, 3.05) is 0 Å². The van der Waals surface area contributed by atoms with Crippen molar-refractivity contribution in [2.24, 2.45) is 5.10 Å². The van der Waals surface area contributed by atoms with Crippen LogP contribution in [0.25, 0.3) is 6.08 Å². The minimum absolute atomic E-state index is 0.0873. The number of hydrazone groups is 1. The number of amides is 1. The van der Waals surface area contributed by atoms with E-state index in [2.05, 4.69) is 5.32 Å². The largest absolute Gasteiger partial charge is 0.439 e. The second kappa shape index (κ2) is 7.24. The zero-order chi connectivity index (χ0) is 21.7. The number of ether oxygens (including phenoxy) is 1. The van der Waals surface area contributed by atoms with E-state index in [1.165, 1.54) is 17.8 Å². The number of carbonyl (C=O) groups is 1. The van der Waals surface area contributed by atoms with Gasteiger partial charge in [0.25, 0.3) is 5.91 Å². The van der Waals surface area contributed by atoms with Crippen molar-refractivity contribution < 1.29 is 13.9 Å². The molecule has 0 unspecified atom stereocenters. The lowest BCUT2D eigenvalue weighted by molar-refractivity contribution is -0.127. The van der Waals surface area contributed by atoms with E-state index in [9.17, 15) is 9.18 Å². The highest BCUT2D eigenvalue weighted by Crippen LogP contribution is 2.53. The first-order valence-electron chi connectivity index (χ1n) is 10.3. The highest BCUT2D eigenvalue weighted by molar-refractivity contribution is 8.05. The first-order chi connectivity index (χ1) is 15.6. The summed E-state index contributed by atoms with van der Waals surface area (Å²) in [4.78, 5) is 13.3. The Labute approximate surface area is 188 Å². The van der Waals surface area contributed by atoms with Crippen molar-refractivity contribution in [1.82, 2.24) is 10.3 Å². The van der Waals surface area contributed by atoms with Crippen molar-refractivity contribution in [2.45, 2.75) is 17.6 Å². The van der Waals surface area contributed by atoms with Gasteiger partial charge < -0.3 is 4.74 Å². The Balaban J connectivity index is 1.44. The minimum atomic E-state index is -1.23. The van der Waals surface area contributed by atoms with Gasteiger partial charge in [0.1, 0.15) is 11.6 Å².